The third kappa shape index (κ3) is 4.06. The zero-order valence-electron chi connectivity index (χ0n) is 12.0. The molecule has 2 aromatic heterocycles. The Kier molecular flexibility index (Phi) is 4.94. The van der Waals surface area contributed by atoms with E-state index in [-0.39, 0.29) is 11.7 Å². The van der Waals surface area contributed by atoms with Gasteiger partial charge in [0.15, 0.2) is 0 Å². The Labute approximate surface area is 122 Å². The van der Waals surface area contributed by atoms with Gasteiger partial charge in [0.25, 0.3) is 0 Å². The van der Waals surface area contributed by atoms with Gasteiger partial charge in [-0.2, -0.15) is 0 Å². The Bertz CT molecular complexity index is 607. The van der Waals surface area contributed by atoms with E-state index in [1.54, 1.807) is 6.20 Å². The predicted molar refractivity (Wildman–Crippen MR) is 76.2 cm³/mol. The Hall–Kier alpha value is -2.34. The van der Waals surface area contributed by atoms with E-state index in [1.165, 1.54) is 12.3 Å². The van der Waals surface area contributed by atoms with Crippen molar-refractivity contribution in [3.05, 3.63) is 47.5 Å². The lowest BCUT2D eigenvalue weighted by Gasteiger charge is -2.13. The molecule has 2 N–H and O–H groups in total. The molecule has 21 heavy (non-hydrogen) atoms. The SMILES string of the molecule is CC(C)Oc1ncccc1CNCc1occc1C(=O)O. The lowest BCUT2D eigenvalue weighted by atomic mass is 10.2. The van der Waals surface area contributed by atoms with Crippen molar-refractivity contribution in [2.24, 2.45) is 0 Å². The molecule has 0 amide bonds. The number of furan rings is 1. The van der Waals surface area contributed by atoms with Crippen molar-refractivity contribution < 1.29 is 19.1 Å². The van der Waals surface area contributed by atoms with Gasteiger partial charge in [-0.3, -0.25) is 0 Å². The molecule has 112 valence electrons. The second-order valence-corrected chi connectivity index (χ2v) is 4.80. The number of aromatic carboxylic acids is 1. The highest BCUT2D eigenvalue weighted by atomic mass is 16.5. The molecule has 0 aromatic carbocycles. The molecule has 0 saturated heterocycles. The maximum atomic E-state index is 11.0. The first-order valence-electron chi connectivity index (χ1n) is 6.69. The number of rotatable bonds is 7. The molecule has 0 atom stereocenters. The third-order valence-electron chi connectivity index (χ3n) is 2.77. The Morgan fingerprint density at radius 2 is 2.24 bits per heavy atom. The lowest BCUT2D eigenvalue weighted by Crippen LogP contribution is -2.16. The predicted octanol–water partition coefficient (Wildman–Crippen LogP) is 2.45. The summed E-state index contributed by atoms with van der Waals surface area (Å²) in [5.74, 6) is -0.0126. The highest BCUT2D eigenvalue weighted by Crippen LogP contribution is 2.16. The summed E-state index contributed by atoms with van der Waals surface area (Å²) in [7, 11) is 0. The van der Waals surface area contributed by atoms with Crippen LogP contribution >= 0.6 is 0 Å². The Morgan fingerprint density at radius 3 is 2.95 bits per heavy atom. The van der Waals surface area contributed by atoms with E-state index in [1.807, 2.05) is 26.0 Å². The summed E-state index contributed by atoms with van der Waals surface area (Å²) in [5.41, 5.74) is 1.09. The van der Waals surface area contributed by atoms with Crippen molar-refractivity contribution in [3.8, 4) is 5.88 Å². The molecule has 0 spiro atoms. The highest BCUT2D eigenvalue weighted by Gasteiger charge is 2.13. The quantitative estimate of drug-likeness (QED) is 0.814. The Morgan fingerprint density at radius 1 is 1.43 bits per heavy atom. The molecular weight excluding hydrogens is 272 g/mol. The van der Waals surface area contributed by atoms with Crippen LogP contribution in [0.15, 0.2) is 35.1 Å². The first kappa shape index (κ1) is 15.1. The van der Waals surface area contributed by atoms with Crippen molar-refractivity contribution in [2.75, 3.05) is 0 Å². The largest absolute Gasteiger partial charge is 0.478 e. The number of hydrogen-bond acceptors (Lipinski definition) is 5. The fraction of sp³-hybridized carbons (Fsp3) is 0.333. The minimum absolute atomic E-state index is 0.0438. The van der Waals surface area contributed by atoms with Crippen LogP contribution in [0.25, 0.3) is 0 Å². The van der Waals surface area contributed by atoms with Gasteiger partial charge in [-0.1, -0.05) is 6.07 Å². The number of carboxylic acid groups (broad SMARTS) is 1. The number of pyridine rings is 1. The minimum Gasteiger partial charge on any atom is -0.478 e. The smallest absolute Gasteiger partial charge is 0.339 e. The molecule has 0 aliphatic carbocycles. The molecule has 0 radical (unpaired) electrons. The van der Waals surface area contributed by atoms with Crippen molar-refractivity contribution in [1.29, 1.82) is 0 Å². The molecule has 2 heterocycles. The Balaban J connectivity index is 1.97. The number of nitrogens with zero attached hydrogens (tertiary/aromatic N) is 1. The van der Waals surface area contributed by atoms with Crippen molar-refractivity contribution in [1.82, 2.24) is 10.3 Å². The van der Waals surface area contributed by atoms with E-state index < -0.39 is 5.97 Å². The molecular formula is C15H18N2O4. The summed E-state index contributed by atoms with van der Waals surface area (Å²) >= 11 is 0. The van der Waals surface area contributed by atoms with Crippen LogP contribution in [0.2, 0.25) is 0 Å². The molecule has 6 nitrogen and oxygen atoms in total. The van der Waals surface area contributed by atoms with Gasteiger partial charge in [-0.15, -0.1) is 0 Å². The molecule has 0 aliphatic rings. The van der Waals surface area contributed by atoms with Gasteiger partial charge in [0.1, 0.15) is 11.3 Å². The van der Waals surface area contributed by atoms with E-state index in [0.717, 1.165) is 5.56 Å². The minimum atomic E-state index is -0.995. The zero-order valence-corrected chi connectivity index (χ0v) is 12.0. The lowest BCUT2D eigenvalue weighted by molar-refractivity contribution is 0.0694. The molecule has 2 aromatic rings. The summed E-state index contributed by atoms with van der Waals surface area (Å²) < 4.78 is 10.8. The maximum Gasteiger partial charge on any atom is 0.339 e. The summed E-state index contributed by atoms with van der Waals surface area (Å²) in [4.78, 5) is 15.2. The van der Waals surface area contributed by atoms with Gasteiger partial charge in [-0.05, 0) is 26.0 Å². The fourth-order valence-corrected chi connectivity index (χ4v) is 1.87. The second-order valence-electron chi connectivity index (χ2n) is 4.80. The topological polar surface area (TPSA) is 84.6 Å². The van der Waals surface area contributed by atoms with Crippen molar-refractivity contribution in [3.63, 3.8) is 0 Å². The number of nitrogens with one attached hydrogen (secondary N) is 1. The monoisotopic (exact) mass is 290 g/mol. The van der Waals surface area contributed by atoms with E-state index in [2.05, 4.69) is 10.3 Å². The van der Waals surface area contributed by atoms with E-state index in [9.17, 15) is 4.79 Å². The number of hydrogen-bond donors (Lipinski definition) is 2. The highest BCUT2D eigenvalue weighted by molar-refractivity contribution is 5.88. The summed E-state index contributed by atoms with van der Waals surface area (Å²) in [6, 6.07) is 5.19. The standard InChI is InChI=1S/C15H18N2O4/c1-10(2)21-14-11(4-3-6-17-14)8-16-9-13-12(15(18)19)5-7-20-13/h3-7,10,16H,8-9H2,1-2H3,(H,18,19). The zero-order chi connectivity index (χ0) is 15.2. The van der Waals surface area contributed by atoms with Crippen LogP contribution in [0.1, 0.15) is 35.5 Å². The van der Waals surface area contributed by atoms with Crippen LogP contribution in [0, 0.1) is 0 Å². The van der Waals surface area contributed by atoms with Crippen LogP contribution in [0.4, 0.5) is 0 Å². The molecule has 6 heteroatoms. The normalized spacial score (nSPS) is 10.8. The number of carbonyl (C=O) groups is 1. The first-order chi connectivity index (χ1) is 10.1. The molecule has 0 bridgehead atoms. The van der Waals surface area contributed by atoms with Crippen molar-refractivity contribution >= 4 is 5.97 Å². The molecule has 0 saturated carbocycles. The number of carboxylic acids is 1. The van der Waals surface area contributed by atoms with Crippen molar-refractivity contribution in [2.45, 2.75) is 33.0 Å². The van der Waals surface area contributed by atoms with Crippen LogP contribution in [-0.2, 0) is 13.1 Å². The van der Waals surface area contributed by atoms with Gasteiger partial charge in [0.05, 0.1) is 18.9 Å². The molecule has 2 rings (SSSR count). The molecule has 0 aliphatic heterocycles. The summed E-state index contributed by atoms with van der Waals surface area (Å²) in [6.07, 6.45) is 3.09. The maximum absolute atomic E-state index is 11.0. The second kappa shape index (κ2) is 6.90. The van der Waals surface area contributed by atoms with Crippen LogP contribution < -0.4 is 10.1 Å². The number of ether oxygens (including phenoxy) is 1. The van der Waals surface area contributed by atoms with Crippen LogP contribution in [0.5, 0.6) is 5.88 Å². The first-order valence-corrected chi connectivity index (χ1v) is 6.69. The van der Waals surface area contributed by atoms with E-state index >= 15 is 0 Å². The van der Waals surface area contributed by atoms with Crippen LogP contribution in [0.3, 0.4) is 0 Å². The fourth-order valence-electron chi connectivity index (χ4n) is 1.87. The average molecular weight is 290 g/mol. The molecule has 0 fully saturated rings. The van der Waals surface area contributed by atoms with Crippen LogP contribution in [-0.4, -0.2) is 22.2 Å². The van der Waals surface area contributed by atoms with Gasteiger partial charge in [-0.25, -0.2) is 9.78 Å². The van der Waals surface area contributed by atoms with Gasteiger partial charge >= 0.3 is 5.97 Å². The third-order valence-corrected chi connectivity index (χ3v) is 2.77. The average Bonchev–Trinajstić information content (AvgIpc) is 2.88. The van der Waals surface area contributed by atoms with Gasteiger partial charge in [0, 0.05) is 18.3 Å². The summed E-state index contributed by atoms with van der Waals surface area (Å²) in [5, 5.41) is 12.1. The van der Waals surface area contributed by atoms with Gasteiger partial charge in [0.2, 0.25) is 5.88 Å². The van der Waals surface area contributed by atoms with E-state index in [0.29, 0.717) is 24.7 Å². The van der Waals surface area contributed by atoms with Gasteiger partial charge < -0.3 is 19.6 Å². The summed E-state index contributed by atoms with van der Waals surface area (Å²) in [6.45, 7) is 4.71. The molecule has 0 unspecified atom stereocenters. The van der Waals surface area contributed by atoms with E-state index in [4.69, 9.17) is 14.3 Å². The number of aromatic nitrogens is 1.